The fourth-order valence-electron chi connectivity index (χ4n) is 3.10. The Kier molecular flexibility index (Phi) is 2.93. The highest BCUT2D eigenvalue weighted by Gasteiger charge is 2.38. The smallest absolute Gasteiger partial charge is 0.161 e. The highest BCUT2D eigenvalue weighted by atomic mass is 16.5. The van der Waals surface area contributed by atoms with Gasteiger partial charge in [-0.25, -0.2) is 0 Å². The molecule has 17 heavy (non-hydrogen) atoms. The Hall–Kier alpha value is -1.22. The van der Waals surface area contributed by atoms with Crippen LogP contribution in [-0.2, 0) is 0 Å². The van der Waals surface area contributed by atoms with Crippen molar-refractivity contribution < 1.29 is 9.47 Å². The maximum absolute atomic E-state index is 6.08. The molecule has 1 aromatic carbocycles. The largest absolute Gasteiger partial charge is 0.493 e. The summed E-state index contributed by atoms with van der Waals surface area (Å²) in [6.07, 6.45) is 2.72. The topological polar surface area (TPSA) is 30.5 Å². The van der Waals surface area contributed by atoms with Gasteiger partial charge < -0.3 is 14.8 Å². The molecule has 0 spiro atoms. The number of nitrogens with one attached hydrogen (secondary N) is 1. The molecule has 2 unspecified atom stereocenters. The fourth-order valence-corrected chi connectivity index (χ4v) is 3.10. The van der Waals surface area contributed by atoms with Crippen molar-refractivity contribution >= 4 is 0 Å². The first kappa shape index (κ1) is 10.9. The van der Waals surface area contributed by atoms with E-state index < -0.39 is 0 Å². The Labute approximate surface area is 102 Å². The first-order valence-electron chi connectivity index (χ1n) is 6.37. The number of fused-ring (bicyclic) bond motifs is 1. The average molecular weight is 233 g/mol. The molecule has 1 saturated carbocycles. The Morgan fingerprint density at radius 3 is 2.35 bits per heavy atom. The molecule has 0 radical (unpaired) electrons. The Bertz CT molecular complexity index is 382. The van der Waals surface area contributed by atoms with Crippen molar-refractivity contribution in [3.63, 3.8) is 0 Å². The molecule has 1 heterocycles. The van der Waals surface area contributed by atoms with Crippen LogP contribution in [0.4, 0.5) is 0 Å². The normalized spacial score (nSPS) is 31.2. The van der Waals surface area contributed by atoms with Crippen LogP contribution in [0.3, 0.4) is 0 Å². The first-order valence-corrected chi connectivity index (χ1v) is 6.37. The second-order valence-electron chi connectivity index (χ2n) is 5.04. The van der Waals surface area contributed by atoms with Crippen molar-refractivity contribution in [2.75, 3.05) is 20.2 Å². The summed E-state index contributed by atoms with van der Waals surface area (Å²) in [5.74, 6) is 3.35. The van der Waals surface area contributed by atoms with E-state index in [4.69, 9.17) is 9.47 Å². The number of rotatable bonds is 3. The molecule has 0 aromatic heterocycles. The standard InChI is InChI=1S/C14H19NO2/c1-16-13-4-2-3-5-14(13)17-12-6-10-8-15-9-11(10)7-12/h2-5,10-12,15H,6-9H2,1H3. The van der Waals surface area contributed by atoms with E-state index in [1.54, 1.807) is 7.11 Å². The van der Waals surface area contributed by atoms with E-state index in [9.17, 15) is 0 Å². The monoisotopic (exact) mass is 233 g/mol. The van der Waals surface area contributed by atoms with Gasteiger partial charge in [0.15, 0.2) is 11.5 Å². The lowest BCUT2D eigenvalue weighted by Gasteiger charge is -2.16. The van der Waals surface area contributed by atoms with Gasteiger partial charge in [0.25, 0.3) is 0 Å². The van der Waals surface area contributed by atoms with Gasteiger partial charge in [0.1, 0.15) is 0 Å². The van der Waals surface area contributed by atoms with Crippen LogP contribution in [-0.4, -0.2) is 26.3 Å². The zero-order chi connectivity index (χ0) is 11.7. The van der Waals surface area contributed by atoms with Crippen LogP contribution in [0.5, 0.6) is 11.5 Å². The molecule has 0 amide bonds. The molecule has 2 atom stereocenters. The first-order chi connectivity index (χ1) is 8.36. The highest BCUT2D eigenvalue weighted by Crippen LogP contribution is 2.38. The summed E-state index contributed by atoms with van der Waals surface area (Å²) in [7, 11) is 1.69. The van der Waals surface area contributed by atoms with Gasteiger partial charge >= 0.3 is 0 Å². The summed E-state index contributed by atoms with van der Waals surface area (Å²) in [6, 6.07) is 7.91. The molecule has 2 aliphatic rings. The van der Waals surface area contributed by atoms with Crippen LogP contribution in [0.15, 0.2) is 24.3 Å². The quantitative estimate of drug-likeness (QED) is 0.867. The van der Waals surface area contributed by atoms with Gasteiger partial charge in [-0.3, -0.25) is 0 Å². The summed E-state index contributed by atoms with van der Waals surface area (Å²) >= 11 is 0. The SMILES string of the molecule is COc1ccccc1OC1CC2CNCC2C1. The molecule has 1 aromatic rings. The second kappa shape index (κ2) is 4.57. The van der Waals surface area contributed by atoms with Crippen molar-refractivity contribution in [3.8, 4) is 11.5 Å². The zero-order valence-electron chi connectivity index (χ0n) is 10.2. The lowest BCUT2D eigenvalue weighted by molar-refractivity contribution is 0.191. The fraction of sp³-hybridized carbons (Fsp3) is 0.571. The van der Waals surface area contributed by atoms with E-state index in [0.29, 0.717) is 6.10 Å². The molecule has 2 fully saturated rings. The van der Waals surface area contributed by atoms with Crippen LogP contribution in [0, 0.1) is 11.8 Å². The van der Waals surface area contributed by atoms with Gasteiger partial charge in [-0.15, -0.1) is 0 Å². The molecule has 3 rings (SSSR count). The number of ether oxygens (including phenoxy) is 2. The third kappa shape index (κ3) is 2.12. The molecule has 0 bridgehead atoms. The molecule has 1 N–H and O–H groups in total. The summed E-state index contributed by atoms with van der Waals surface area (Å²) in [6.45, 7) is 2.33. The molecule has 1 aliphatic carbocycles. The van der Waals surface area contributed by atoms with E-state index in [1.807, 2.05) is 24.3 Å². The summed E-state index contributed by atoms with van der Waals surface area (Å²) in [4.78, 5) is 0. The van der Waals surface area contributed by atoms with E-state index in [0.717, 1.165) is 36.4 Å². The predicted octanol–water partition coefficient (Wildman–Crippen LogP) is 2.07. The minimum Gasteiger partial charge on any atom is -0.493 e. The minimum absolute atomic E-state index is 0.364. The highest BCUT2D eigenvalue weighted by molar-refractivity contribution is 5.39. The van der Waals surface area contributed by atoms with Crippen LogP contribution < -0.4 is 14.8 Å². The van der Waals surface area contributed by atoms with Gasteiger partial charge in [-0.2, -0.15) is 0 Å². The van der Waals surface area contributed by atoms with Crippen molar-refractivity contribution in [1.82, 2.24) is 5.32 Å². The van der Waals surface area contributed by atoms with Gasteiger partial charge in [0, 0.05) is 0 Å². The number of methoxy groups -OCH3 is 1. The molecular formula is C14H19NO2. The molecule has 1 aliphatic heterocycles. The second-order valence-corrected chi connectivity index (χ2v) is 5.04. The Morgan fingerprint density at radius 2 is 1.71 bits per heavy atom. The van der Waals surface area contributed by atoms with Gasteiger partial charge in [-0.1, -0.05) is 12.1 Å². The van der Waals surface area contributed by atoms with E-state index in [-0.39, 0.29) is 0 Å². The third-order valence-corrected chi connectivity index (χ3v) is 3.97. The van der Waals surface area contributed by atoms with Crippen molar-refractivity contribution in [2.45, 2.75) is 18.9 Å². The van der Waals surface area contributed by atoms with Gasteiger partial charge in [0.2, 0.25) is 0 Å². The van der Waals surface area contributed by atoms with Crippen molar-refractivity contribution in [2.24, 2.45) is 11.8 Å². The summed E-state index contributed by atoms with van der Waals surface area (Å²) in [5, 5.41) is 3.45. The minimum atomic E-state index is 0.364. The van der Waals surface area contributed by atoms with Crippen LogP contribution >= 0.6 is 0 Å². The van der Waals surface area contributed by atoms with Crippen LogP contribution in [0.1, 0.15) is 12.8 Å². The predicted molar refractivity (Wildman–Crippen MR) is 66.5 cm³/mol. The van der Waals surface area contributed by atoms with Crippen molar-refractivity contribution in [3.05, 3.63) is 24.3 Å². The van der Waals surface area contributed by atoms with E-state index in [2.05, 4.69) is 5.32 Å². The third-order valence-electron chi connectivity index (χ3n) is 3.97. The number of benzene rings is 1. The Morgan fingerprint density at radius 1 is 1.06 bits per heavy atom. The maximum Gasteiger partial charge on any atom is 0.161 e. The molecule has 92 valence electrons. The summed E-state index contributed by atoms with van der Waals surface area (Å²) < 4.78 is 11.4. The number of hydrogen-bond acceptors (Lipinski definition) is 3. The van der Waals surface area contributed by atoms with E-state index in [1.165, 1.54) is 12.8 Å². The number of hydrogen-bond donors (Lipinski definition) is 1. The van der Waals surface area contributed by atoms with Crippen LogP contribution in [0.2, 0.25) is 0 Å². The van der Waals surface area contributed by atoms with Gasteiger partial charge in [0.05, 0.1) is 13.2 Å². The number of para-hydroxylation sites is 2. The van der Waals surface area contributed by atoms with E-state index >= 15 is 0 Å². The molecule has 1 saturated heterocycles. The molecule has 3 nitrogen and oxygen atoms in total. The average Bonchev–Trinajstić information content (AvgIpc) is 2.90. The molecular weight excluding hydrogens is 214 g/mol. The lowest BCUT2D eigenvalue weighted by atomic mass is 10.0. The molecule has 3 heteroatoms. The van der Waals surface area contributed by atoms with Gasteiger partial charge in [-0.05, 0) is 49.9 Å². The summed E-state index contributed by atoms with van der Waals surface area (Å²) in [5.41, 5.74) is 0. The van der Waals surface area contributed by atoms with Crippen molar-refractivity contribution in [1.29, 1.82) is 0 Å². The lowest BCUT2D eigenvalue weighted by Crippen LogP contribution is -2.18. The van der Waals surface area contributed by atoms with Crippen LogP contribution in [0.25, 0.3) is 0 Å². The Balaban J connectivity index is 1.67. The maximum atomic E-state index is 6.08. The zero-order valence-corrected chi connectivity index (χ0v) is 10.2.